The molecule has 0 unspecified atom stereocenters. The standard InChI is InChI=1S/C23H31N5O.HI/c1-24-23(25-17-19-9-11-21(12-10-19)22(29)26(2)3)28-15-13-27(14-16-28)18-20-7-5-4-6-8-20;/h4-12H,13-18H2,1-3H3,(H,24,25);1H. The van der Waals surface area contributed by atoms with E-state index >= 15 is 0 Å². The third-order valence-electron chi connectivity index (χ3n) is 5.19. The molecule has 0 bridgehead atoms. The molecule has 1 fully saturated rings. The van der Waals surface area contributed by atoms with E-state index in [1.807, 2.05) is 31.3 Å². The Kier molecular flexibility index (Phi) is 9.58. The molecular weight excluding hydrogens is 489 g/mol. The van der Waals surface area contributed by atoms with Gasteiger partial charge in [0.05, 0.1) is 0 Å². The summed E-state index contributed by atoms with van der Waals surface area (Å²) in [5.41, 5.74) is 3.20. The number of carbonyl (C=O) groups excluding carboxylic acids is 1. The lowest BCUT2D eigenvalue weighted by atomic mass is 10.1. The average Bonchev–Trinajstić information content (AvgIpc) is 2.76. The van der Waals surface area contributed by atoms with Gasteiger partial charge < -0.3 is 15.1 Å². The summed E-state index contributed by atoms with van der Waals surface area (Å²) in [5.74, 6) is 0.950. The molecule has 0 atom stereocenters. The predicted octanol–water partition coefficient (Wildman–Crippen LogP) is 2.90. The maximum Gasteiger partial charge on any atom is 0.253 e. The summed E-state index contributed by atoms with van der Waals surface area (Å²) in [7, 11) is 5.36. The number of hydrogen-bond donors (Lipinski definition) is 1. The summed E-state index contributed by atoms with van der Waals surface area (Å²) in [4.78, 5) is 22.8. The Hall–Kier alpha value is -2.13. The Morgan fingerprint density at radius 1 is 0.967 bits per heavy atom. The van der Waals surface area contributed by atoms with E-state index in [-0.39, 0.29) is 29.9 Å². The van der Waals surface area contributed by atoms with Gasteiger partial charge in [0, 0.05) is 66.0 Å². The van der Waals surface area contributed by atoms with Crippen molar-refractivity contribution in [3.05, 3.63) is 71.3 Å². The Labute approximate surface area is 197 Å². The Morgan fingerprint density at radius 2 is 1.60 bits per heavy atom. The second-order valence-corrected chi connectivity index (χ2v) is 7.55. The second kappa shape index (κ2) is 11.9. The molecule has 0 aliphatic carbocycles. The van der Waals surface area contributed by atoms with Crippen LogP contribution >= 0.6 is 24.0 Å². The SMILES string of the molecule is CN=C(NCc1ccc(C(=O)N(C)C)cc1)N1CCN(Cc2ccccc2)CC1.I. The third-order valence-corrected chi connectivity index (χ3v) is 5.19. The normalized spacial score (nSPS) is 14.8. The van der Waals surface area contributed by atoms with E-state index in [4.69, 9.17) is 0 Å². The number of nitrogens with one attached hydrogen (secondary N) is 1. The molecule has 0 aromatic heterocycles. The fourth-order valence-corrected chi connectivity index (χ4v) is 3.50. The van der Waals surface area contributed by atoms with Gasteiger partial charge in [-0.25, -0.2) is 0 Å². The molecule has 162 valence electrons. The maximum atomic E-state index is 12.0. The van der Waals surface area contributed by atoms with Crippen LogP contribution in [0.1, 0.15) is 21.5 Å². The number of piperazine rings is 1. The molecule has 1 heterocycles. The summed E-state index contributed by atoms with van der Waals surface area (Å²) in [5, 5.41) is 3.45. The Morgan fingerprint density at radius 3 is 2.17 bits per heavy atom. The van der Waals surface area contributed by atoms with Crippen LogP contribution in [-0.2, 0) is 13.1 Å². The average molecular weight is 521 g/mol. The summed E-state index contributed by atoms with van der Waals surface area (Å²) in [6, 6.07) is 18.4. The summed E-state index contributed by atoms with van der Waals surface area (Å²) >= 11 is 0. The van der Waals surface area contributed by atoms with Gasteiger partial charge >= 0.3 is 0 Å². The number of hydrogen-bond acceptors (Lipinski definition) is 3. The minimum absolute atomic E-state index is 0. The van der Waals surface area contributed by atoms with E-state index in [0.717, 1.165) is 44.2 Å². The van der Waals surface area contributed by atoms with Crippen molar-refractivity contribution in [1.29, 1.82) is 0 Å². The first-order valence-electron chi connectivity index (χ1n) is 10.1. The zero-order valence-electron chi connectivity index (χ0n) is 18.0. The largest absolute Gasteiger partial charge is 0.352 e. The lowest BCUT2D eigenvalue weighted by Gasteiger charge is -2.36. The molecule has 2 aromatic rings. The molecule has 30 heavy (non-hydrogen) atoms. The topological polar surface area (TPSA) is 51.2 Å². The van der Waals surface area contributed by atoms with Crippen LogP contribution in [0.5, 0.6) is 0 Å². The summed E-state index contributed by atoms with van der Waals surface area (Å²) < 4.78 is 0. The quantitative estimate of drug-likeness (QED) is 0.374. The lowest BCUT2D eigenvalue weighted by Crippen LogP contribution is -2.52. The molecule has 6 nitrogen and oxygen atoms in total. The van der Waals surface area contributed by atoms with E-state index in [0.29, 0.717) is 12.1 Å². The number of nitrogens with zero attached hydrogens (tertiary/aromatic N) is 4. The first-order chi connectivity index (χ1) is 14.1. The molecule has 0 radical (unpaired) electrons. The van der Waals surface area contributed by atoms with Gasteiger partial charge in [-0.1, -0.05) is 42.5 Å². The highest BCUT2D eigenvalue weighted by molar-refractivity contribution is 14.0. The number of guanidine groups is 1. The molecule has 0 spiro atoms. The second-order valence-electron chi connectivity index (χ2n) is 7.55. The molecule has 2 aromatic carbocycles. The predicted molar refractivity (Wildman–Crippen MR) is 133 cm³/mol. The van der Waals surface area contributed by atoms with Crippen molar-refractivity contribution in [2.24, 2.45) is 4.99 Å². The first kappa shape index (κ1) is 24.1. The van der Waals surface area contributed by atoms with Crippen molar-refractivity contribution >= 4 is 35.8 Å². The smallest absolute Gasteiger partial charge is 0.253 e. The highest BCUT2D eigenvalue weighted by Gasteiger charge is 2.19. The van der Waals surface area contributed by atoms with Gasteiger partial charge in [-0.3, -0.25) is 14.7 Å². The van der Waals surface area contributed by atoms with Crippen molar-refractivity contribution < 1.29 is 4.79 Å². The van der Waals surface area contributed by atoms with Crippen LogP contribution in [0, 0.1) is 0 Å². The van der Waals surface area contributed by atoms with E-state index < -0.39 is 0 Å². The zero-order chi connectivity index (χ0) is 20.6. The summed E-state index contributed by atoms with van der Waals surface area (Å²) in [6.07, 6.45) is 0. The number of rotatable bonds is 5. The highest BCUT2D eigenvalue weighted by atomic mass is 127. The van der Waals surface area contributed by atoms with Crippen molar-refractivity contribution in [2.75, 3.05) is 47.3 Å². The lowest BCUT2D eigenvalue weighted by molar-refractivity contribution is 0.0827. The van der Waals surface area contributed by atoms with Gasteiger partial charge in [0.1, 0.15) is 0 Å². The molecular formula is C23H32IN5O. The third kappa shape index (κ3) is 6.70. The van der Waals surface area contributed by atoms with Crippen molar-refractivity contribution in [2.45, 2.75) is 13.1 Å². The number of amides is 1. The van der Waals surface area contributed by atoms with Gasteiger partial charge in [-0.05, 0) is 23.3 Å². The van der Waals surface area contributed by atoms with E-state index in [2.05, 4.69) is 50.4 Å². The molecule has 3 rings (SSSR count). The Bertz CT molecular complexity index is 815. The molecule has 1 aliphatic heterocycles. The van der Waals surface area contributed by atoms with Gasteiger partial charge in [0.2, 0.25) is 0 Å². The van der Waals surface area contributed by atoms with Crippen molar-refractivity contribution in [3.8, 4) is 0 Å². The van der Waals surface area contributed by atoms with Gasteiger partial charge in [-0.2, -0.15) is 0 Å². The Balaban J connectivity index is 0.00000320. The van der Waals surface area contributed by atoms with Crippen molar-refractivity contribution in [1.82, 2.24) is 20.0 Å². The molecule has 1 aliphatic rings. The first-order valence-corrected chi connectivity index (χ1v) is 10.1. The fraction of sp³-hybridized carbons (Fsp3) is 0.391. The van der Waals surface area contributed by atoms with E-state index in [1.165, 1.54) is 5.56 Å². The van der Waals surface area contributed by atoms with Crippen LogP contribution in [0.25, 0.3) is 0 Å². The molecule has 1 amide bonds. The van der Waals surface area contributed by atoms with Crippen LogP contribution in [-0.4, -0.2) is 73.9 Å². The minimum atomic E-state index is 0. The zero-order valence-corrected chi connectivity index (χ0v) is 20.4. The van der Waals surface area contributed by atoms with Gasteiger partial charge in [-0.15, -0.1) is 24.0 Å². The van der Waals surface area contributed by atoms with Crippen LogP contribution in [0.2, 0.25) is 0 Å². The highest BCUT2D eigenvalue weighted by Crippen LogP contribution is 2.10. The van der Waals surface area contributed by atoms with Gasteiger partial charge in [0.15, 0.2) is 5.96 Å². The minimum Gasteiger partial charge on any atom is -0.352 e. The number of halogens is 1. The van der Waals surface area contributed by atoms with E-state index in [9.17, 15) is 4.79 Å². The van der Waals surface area contributed by atoms with Crippen LogP contribution in [0.4, 0.5) is 0 Å². The number of aliphatic imine (C=N–C) groups is 1. The summed E-state index contributed by atoms with van der Waals surface area (Å²) in [6.45, 7) is 5.66. The molecule has 1 saturated heterocycles. The van der Waals surface area contributed by atoms with Crippen LogP contribution in [0.3, 0.4) is 0 Å². The molecule has 0 saturated carbocycles. The van der Waals surface area contributed by atoms with Crippen LogP contribution in [0.15, 0.2) is 59.6 Å². The fourth-order valence-electron chi connectivity index (χ4n) is 3.50. The number of benzene rings is 2. The van der Waals surface area contributed by atoms with Crippen LogP contribution < -0.4 is 5.32 Å². The van der Waals surface area contributed by atoms with Crippen molar-refractivity contribution in [3.63, 3.8) is 0 Å². The monoisotopic (exact) mass is 521 g/mol. The molecule has 7 heteroatoms. The number of carbonyl (C=O) groups is 1. The maximum absolute atomic E-state index is 12.0. The van der Waals surface area contributed by atoms with E-state index in [1.54, 1.807) is 19.0 Å². The molecule has 1 N–H and O–H groups in total. The van der Waals surface area contributed by atoms with Gasteiger partial charge in [0.25, 0.3) is 5.91 Å².